The summed E-state index contributed by atoms with van der Waals surface area (Å²) in [5, 5.41) is 1.75. The molecule has 3 aromatic rings. The van der Waals surface area contributed by atoms with Gasteiger partial charge in [-0.25, -0.2) is 18.1 Å². The number of hydrogen-bond donors (Lipinski definition) is 1. The summed E-state index contributed by atoms with van der Waals surface area (Å²) >= 11 is 8.83. The van der Waals surface area contributed by atoms with E-state index in [4.69, 9.17) is 11.6 Å². The number of sulfonamides is 1. The first kappa shape index (κ1) is 14.0. The van der Waals surface area contributed by atoms with Gasteiger partial charge in [0, 0.05) is 27.9 Å². The largest absolute Gasteiger partial charge is 0.279 e. The van der Waals surface area contributed by atoms with Gasteiger partial charge in [0.1, 0.15) is 0 Å². The SMILES string of the molecule is Cc1ccc(CNS(=O)(=O)c2c(Cl)nc3sccn23)s1. The first-order valence-electron chi connectivity index (χ1n) is 5.63. The number of nitrogens with zero attached hydrogens (tertiary/aromatic N) is 2. The Morgan fingerprint density at radius 3 is 2.95 bits per heavy atom. The summed E-state index contributed by atoms with van der Waals surface area (Å²) in [6, 6.07) is 3.86. The molecular weight excluding hydrogens is 338 g/mol. The van der Waals surface area contributed by atoms with Crippen molar-refractivity contribution < 1.29 is 8.42 Å². The van der Waals surface area contributed by atoms with Gasteiger partial charge in [-0.1, -0.05) is 11.6 Å². The number of imidazole rings is 1. The van der Waals surface area contributed by atoms with Crippen molar-refractivity contribution in [2.45, 2.75) is 18.5 Å². The van der Waals surface area contributed by atoms with E-state index >= 15 is 0 Å². The third-order valence-electron chi connectivity index (χ3n) is 2.67. The van der Waals surface area contributed by atoms with Crippen LogP contribution in [0.5, 0.6) is 0 Å². The van der Waals surface area contributed by atoms with E-state index in [-0.39, 0.29) is 16.7 Å². The predicted octanol–water partition coefficient (Wildman–Crippen LogP) is 2.90. The van der Waals surface area contributed by atoms with Gasteiger partial charge in [-0.15, -0.1) is 22.7 Å². The summed E-state index contributed by atoms with van der Waals surface area (Å²) in [7, 11) is -3.70. The van der Waals surface area contributed by atoms with Crippen LogP contribution in [0.1, 0.15) is 9.75 Å². The highest BCUT2D eigenvalue weighted by molar-refractivity contribution is 7.89. The van der Waals surface area contributed by atoms with Gasteiger partial charge in [0.05, 0.1) is 0 Å². The molecule has 0 fully saturated rings. The van der Waals surface area contributed by atoms with Gasteiger partial charge in [-0.2, -0.15) is 0 Å². The van der Waals surface area contributed by atoms with E-state index in [2.05, 4.69) is 9.71 Å². The van der Waals surface area contributed by atoms with E-state index in [0.29, 0.717) is 4.96 Å². The van der Waals surface area contributed by atoms with E-state index in [1.165, 1.54) is 15.7 Å². The van der Waals surface area contributed by atoms with E-state index < -0.39 is 10.0 Å². The lowest BCUT2D eigenvalue weighted by Crippen LogP contribution is -2.24. The second-order valence-corrected chi connectivity index (χ2v) is 8.39. The highest BCUT2D eigenvalue weighted by Gasteiger charge is 2.24. The minimum atomic E-state index is -3.70. The summed E-state index contributed by atoms with van der Waals surface area (Å²) in [5.41, 5.74) is 0. The topological polar surface area (TPSA) is 63.5 Å². The first-order chi connectivity index (χ1) is 9.47. The van der Waals surface area contributed by atoms with Crippen molar-refractivity contribution in [3.8, 4) is 0 Å². The molecule has 0 aliphatic heterocycles. The van der Waals surface area contributed by atoms with Gasteiger partial charge < -0.3 is 0 Å². The monoisotopic (exact) mass is 347 g/mol. The van der Waals surface area contributed by atoms with Crippen molar-refractivity contribution in [3.05, 3.63) is 38.6 Å². The Hall–Kier alpha value is -0.930. The molecule has 106 valence electrons. The molecule has 0 saturated carbocycles. The maximum atomic E-state index is 12.4. The van der Waals surface area contributed by atoms with Crippen molar-refractivity contribution in [3.63, 3.8) is 0 Å². The lowest BCUT2D eigenvalue weighted by Gasteiger charge is -2.04. The zero-order chi connectivity index (χ0) is 14.3. The number of aromatic nitrogens is 2. The fraction of sp³-hybridized carbons (Fsp3) is 0.182. The van der Waals surface area contributed by atoms with Crippen molar-refractivity contribution in [1.29, 1.82) is 0 Å². The molecule has 0 bridgehead atoms. The van der Waals surface area contributed by atoms with Crippen molar-refractivity contribution in [1.82, 2.24) is 14.1 Å². The highest BCUT2D eigenvalue weighted by Crippen LogP contribution is 2.25. The molecule has 3 aromatic heterocycles. The van der Waals surface area contributed by atoms with Crippen LogP contribution >= 0.6 is 34.3 Å². The van der Waals surface area contributed by atoms with Gasteiger partial charge in [-0.05, 0) is 19.1 Å². The molecule has 3 heterocycles. The Morgan fingerprint density at radius 2 is 2.25 bits per heavy atom. The number of nitrogens with one attached hydrogen (secondary N) is 1. The average Bonchev–Trinajstić information content (AvgIpc) is 3.02. The zero-order valence-corrected chi connectivity index (χ0v) is 13.5. The van der Waals surface area contributed by atoms with Gasteiger partial charge in [0.2, 0.25) is 0 Å². The van der Waals surface area contributed by atoms with Gasteiger partial charge in [0.25, 0.3) is 10.0 Å². The standard InChI is InChI=1S/C11H10ClN3O2S3/c1-7-2-3-8(19-7)6-13-20(16,17)10-9(12)14-11-15(10)4-5-18-11/h2-5,13H,6H2,1H3. The average molecular weight is 348 g/mol. The molecule has 0 aliphatic carbocycles. The zero-order valence-electron chi connectivity index (χ0n) is 10.3. The Balaban J connectivity index is 1.91. The quantitative estimate of drug-likeness (QED) is 0.789. The molecule has 0 amide bonds. The summed E-state index contributed by atoms with van der Waals surface area (Å²) in [6.45, 7) is 2.22. The van der Waals surface area contributed by atoms with Crippen LogP contribution in [0, 0.1) is 6.92 Å². The van der Waals surface area contributed by atoms with Crippen molar-refractivity contribution >= 4 is 49.3 Å². The second kappa shape index (κ2) is 5.12. The Bertz CT molecular complexity index is 863. The lowest BCUT2D eigenvalue weighted by molar-refractivity contribution is 0.577. The second-order valence-electron chi connectivity index (χ2n) is 4.10. The third-order valence-corrected chi connectivity index (χ3v) is 6.22. The van der Waals surface area contributed by atoms with Crippen LogP contribution < -0.4 is 4.72 Å². The van der Waals surface area contributed by atoms with Gasteiger partial charge in [-0.3, -0.25) is 4.40 Å². The van der Waals surface area contributed by atoms with Crippen LogP contribution in [0.4, 0.5) is 0 Å². The number of fused-ring (bicyclic) bond motifs is 1. The molecule has 0 unspecified atom stereocenters. The van der Waals surface area contributed by atoms with Crippen LogP contribution in [0.3, 0.4) is 0 Å². The molecular formula is C11H10ClN3O2S3. The van der Waals surface area contributed by atoms with E-state index in [9.17, 15) is 8.42 Å². The molecule has 0 aromatic carbocycles. The fourth-order valence-electron chi connectivity index (χ4n) is 1.79. The van der Waals surface area contributed by atoms with Gasteiger partial charge in [0.15, 0.2) is 15.1 Å². The minimum absolute atomic E-state index is 0.00768. The Kier molecular flexibility index (Phi) is 3.59. The summed E-state index contributed by atoms with van der Waals surface area (Å²) < 4.78 is 28.8. The van der Waals surface area contributed by atoms with Crippen molar-refractivity contribution in [2.75, 3.05) is 0 Å². The molecule has 20 heavy (non-hydrogen) atoms. The fourth-order valence-corrected chi connectivity index (χ4v) is 5.17. The molecule has 3 rings (SSSR count). The number of thiophene rings is 1. The summed E-state index contributed by atoms with van der Waals surface area (Å²) in [5.74, 6) is 0. The number of halogens is 1. The van der Waals surface area contributed by atoms with Crippen LogP contribution in [0.15, 0.2) is 28.7 Å². The highest BCUT2D eigenvalue weighted by atomic mass is 35.5. The Labute approximate surface area is 128 Å². The molecule has 0 atom stereocenters. The van der Waals surface area contributed by atoms with Crippen LogP contribution in [0.25, 0.3) is 4.96 Å². The minimum Gasteiger partial charge on any atom is -0.279 e. The number of hydrogen-bond acceptors (Lipinski definition) is 5. The smallest absolute Gasteiger partial charge is 0.260 e. The summed E-state index contributed by atoms with van der Waals surface area (Å²) in [6.07, 6.45) is 1.64. The molecule has 0 radical (unpaired) electrons. The predicted molar refractivity (Wildman–Crippen MR) is 81.2 cm³/mol. The molecule has 1 N–H and O–H groups in total. The molecule has 9 heteroatoms. The number of aryl methyl sites for hydroxylation is 1. The molecule has 5 nitrogen and oxygen atoms in total. The first-order valence-corrected chi connectivity index (χ1v) is 9.19. The van der Waals surface area contributed by atoms with Crippen LogP contribution in [0.2, 0.25) is 5.15 Å². The van der Waals surface area contributed by atoms with Crippen LogP contribution in [-0.2, 0) is 16.6 Å². The summed E-state index contributed by atoms with van der Waals surface area (Å²) in [4.78, 5) is 6.68. The lowest BCUT2D eigenvalue weighted by atomic mass is 10.4. The number of thiazole rings is 1. The van der Waals surface area contributed by atoms with Crippen LogP contribution in [-0.4, -0.2) is 17.8 Å². The molecule has 0 spiro atoms. The normalized spacial score (nSPS) is 12.3. The molecule has 0 saturated heterocycles. The van der Waals surface area contributed by atoms with E-state index in [0.717, 1.165) is 9.75 Å². The maximum absolute atomic E-state index is 12.4. The maximum Gasteiger partial charge on any atom is 0.260 e. The Morgan fingerprint density at radius 1 is 1.45 bits per heavy atom. The third kappa shape index (κ3) is 2.49. The van der Waals surface area contributed by atoms with Crippen molar-refractivity contribution in [2.24, 2.45) is 0 Å². The van der Waals surface area contributed by atoms with E-state index in [1.807, 2.05) is 19.1 Å². The van der Waals surface area contributed by atoms with E-state index in [1.54, 1.807) is 22.9 Å². The number of rotatable bonds is 4. The molecule has 0 aliphatic rings. The van der Waals surface area contributed by atoms with Gasteiger partial charge >= 0.3 is 0 Å².